The Bertz CT molecular complexity index is 284. The molecule has 0 saturated carbocycles. The van der Waals surface area contributed by atoms with Crippen molar-refractivity contribution >= 4 is 12.9 Å². The first-order valence-corrected chi connectivity index (χ1v) is 5.81. The molecule has 16 heavy (non-hydrogen) atoms. The number of hydrogen-bond acceptors (Lipinski definition) is 4. The summed E-state index contributed by atoms with van der Waals surface area (Å²) in [7, 11) is -0.422. The largest absolute Gasteiger partial charge is 0.489 e. The van der Waals surface area contributed by atoms with Crippen molar-refractivity contribution in [3.63, 3.8) is 0 Å². The number of Topliss-reactive ketones (excluding diaryl/α,β-unsaturated/α-hetero) is 1. The summed E-state index contributed by atoms with van der Waals surface area (Å²) >= 11 is 0. The standard InChI is InChI=1S/C11H19BO4/c1-10(2)11(3,4)16-12(15-10)9-7-8(13)5-6-14-9/h9H,5-7H2,1-4H3. The minimum absolute atomic E-state index is 0.228. The molecule has 0 aromatic carbocycles. The maximum Gasteiger partial charge on any atom is 0.489 e. The molecule has 4 nitrogen and oxygen atoms in total. The van der Waals surface area contributed by atoms with Gasteiger partial charge in [0.2, 0.25) is 0 Å². The predicted molar refractivity (Wildman–Crippen MR) is 60.1 cm³/mol. The van der Waals surface area contributed by atoms with Crippen LogP contribution in [0, 0.1) is 0 Å². The number of carbonyl (C=O) groups is 1. The van der Waals surface area contributed by atoms with E-state index in [2.05, 4.69) is 0 Å². The zero-order valence-corrected chi connectivity index (χ0v) is 10.4. The molecule has 0 bridgehead atoms. The minimum Gasteiger partial charge on any atom is -0.402 e. The molecule has 2 aliphatic heterocycles. The van der Waals surface area contributed by atoms with E-state index in [1.165, 1.54) is 0 Å². The van der Waals surface area contributed by atoms with E-state index in [0.29, 0.717) is 19.4 Å². The van der Waals surface area contributed by atoms with Gasteiger partial charge in [0, 0.05) is 12.8 Å². The molecule has 0 aromatic heterocycles. The molecule has 2 rings (SSSR count). The highest BCUT2D eigenvalue weighted by Crippen LogP contribution is 2.38. The molecule has 2 heterocycles. The van der Waals surface area contributed by atoms with Crippen molar-refractivity contribution in [1.29, 1.82) is 0 Å². The third-order valence-corrected chi connectivity index (χ3v) is 3.72. The van der Waals surface area contributed by atoms with E-state index in [1.807, 2.05) is 27.7 Å². The first-order valence-electron chi connectivity index (χ1n) is 5.81. The van der Waals surface area contributed by atoms with Crippen molar-refractivity contribution < 1.29 is 18.8 Å². The number of hydrogen-bond donors (Lipinski definition) is 0. The molecule has 0 aliphatic carbocycles. The van der Waals surface area contributed by atoms with E-state index in [0.717, 1.165) is 0 Å². The minimum atomic E-state index is -0.422. The summed E-state index contributed by atoms with van der Waals surface area (Å²) in [6, 6.07) is -0.248. The van der Waals surface area contributed by atoms with Gasteiger partial charge in [-0.25, -0.2) is 0 Å². The van der Waals surface area contributed by atoms with E-state index in [9.17, 15) is 4.79 Å². The van der Waals surface area contributed by atoms with Crippen LogP contribution in [0.1, 0.15) is 40.5 Å². The van der Waals surface area contributed by atoms with Crippen molar-refractivity contribution in [3.05, 3.63) is 0 Å². The number of ketones is 1. The number of rotatable bonds is 1. The SMILES string of the molecule is CC1(C)OB(C2CC(=O)CCO2)OC1(C)C. The summed E-state index contributed by atoms with van der Waals surface area (Å²) in [5, 5.41) is 0. The highest BCUT2D eigenvalue weighted by Gasteiger charge is 2.54. The van der Waals surface area contributed by atoms with Gasteiger partial charge in [-0.05, 0) is 27.7 Å². The number of ether oxygens (including phenoxy) is 1. The van der Waals surface area contributed by atoms with Gasteiger partial charge in [0.1, 0.15) is 5.78 Å². The van der Waals surface area contributed by atoms with Gasteiger partial charge in [-0.1, -0.05) is 0 Å². The Balaban J connectivity index is 2.05. The van der Waals surface area contributed by atoms with Crippen molar-refractivity contribution in [2.75, 3.05) is 6.61 Å². The first kappa shape index (κ1) is 12.1. The number of carbonyl (C=O) groups excluding carboxylic acids is 1. The Hall–Kier alpha value is -0.385. The normalized spacial score (nSPS) is 33.1. The van der Waals surface area contributed by atoms with Crippen molar-refractivity contribution in [2.45, 2.75) is 57.7 Å². The summed E-state index contributed by atoms with van der Waals surface area (Å²) in [5.41, 5.74) is -0.719. The summed E-state index contributed by atoms with van der Waals surface area (Å²) in [4.78, 5) is 11.4. The van der Waals surface area contributed by atoms with Gasteiger partial charge < -0.3 is 14.0 Å². The second-order valence-electron chi connectivity index (χ2n) is 5.53. The molecule has 2 saturated heterocycles. The highest BCUT2D eigenvalue weighted by atomic mass is 16.7. The molecule has 0 spiro atoms. The Kier molecular flexibility index (Phi) is 2.89. The van der Waals surface area contributed by atoms with Gasteiger partial charge in [-0.2, -0.15) is 0 Å². The fourth-order valence-corrected chi connectivity index (χ4v) is 1.92. The molecule has 2 aliphatic rings. The maximum absolute atomic E-state index is 11.4. The molecular formula is C11H19BO4. The zero-order valence-electron chi connectivity index (χ0n) is 10.4. The van der Waals surface area contributed by atoms with Gasteiger partial charge >= 0.3 is 7.12 Å². The zero-order chi connectivity index (χ0) is 12.0. The molecule has 90 valence electrons. The molecule has 1 atom stereocenters. The second kappa shape index (κ2) is 3.82. The lowest BCUT2D eigenvalue weighted by atomic mass is 9.76. The molecule has 0 N–H and O–H groups in total. The van der Waals surface area contributed by atoms with E-state index in [1.54, 1.807) is 0 Å². The van der Waals surface area contributed by atoms with Gasteiger partial charge in [0.25, 0.3) is 0 Å². The van der Waals surface area contributed by atoms with E-state index >= 15 is 0 Å². The van der Waals surface area contributed by atoms with Crippen LogP contribution in [0.5, 0.6) is 0 Å². The van der Waals surface area contributed by atoms with Crippen molar-refractivity contribution in [2.24, 2.45) is 0 Å². The fraction of sp³-hybridized carbons (Fsp3) is 0.909. The molecule has 5 heteroatoms. The smallest absolute Gasteiger partial charge is 0.402 e. The Labute approximate surface area is 96.8 Å². The van der Waals surface area contributed by atoms with E-state index in [-0.39, 0.29) is 23.0 Å². The summed E-state index contributed by atoms with van der Waals surface area (Å²) < 4.78 is 17.3. The lowest BCUT2D eigenvalue weighted by Gasteiger charge is -2.32. The first-order chi connectivity index (χ1) is 7.32. The van der Waals surface area contributed by atoms with Crippen LogP contribution in [0.3, 0.4) is 0 Å². The Morgan fingerprint density at radius 1 is 1.19 bits per heavy atom. The summed E-state index contributed by atoms with van der Waals surface area (Å²) in [5.74, 6) is 0.228. The van der Waals surface area contributed by atoms with Crippen LogP contribution >= 0.6 is 0 Å². The third-order valence-electron chi connectivity index (χ3n) is 3.72. The summed E-state index contributed by atoms with van der Waals surface area (Å²) in [6.07, 6.45) is 0.910. The summed E-state index contributed by atoms with van der Waals surface area (Å²) in [6.45, 7) is 8.47. The lowest BCUT2D eigenvalue weighted by Crippen LogP contribution is -2.41. The average molecular weight is 226 g/mol. The van der Waals surface area contributed by atoms with Gasteiger partial charge in [-0.15, -0.1) is 0 Å². The van der Waals surface area contributed by atoms with E-state index in [4.69, 9.17) is 14.0 Å². The van der Waals surface area contributed by atoms with Crippen LogP contribution in [-0.2, 0) is 18.8 Å². The monoisotopic (exact) mass is 226 g/mol. The fourth-order valence-electron chi connectivity index (χ4n) is 1.92. The van der Waals surface area contributed by atoms with Crippen molar-refractivity contribution in [3.8, 4) is 0 Å². The van der Waals surface area contributed by atoms with Gasteiger partial charge in [0.15, 0.2) is 0 Å². The topological polar surface area (TPSA) is 44.8 Å². The van der Waals surface area contributed by atoms with Crippen LogP contribution < -0.4 is 0 Å². The quantitative estimate of drug-likeness (QED) is 0.633. The molecule has 0 aromatic rings. The Morgan fingerprint density at radius 2 is 1.75 bits per heavy atom. The molecule has 2 fully saturated rings. The van der Waals surface area contributed by atoms with Crippen LogP contribution in [0.2, 0.25) is 0 Å². The maximum atomic E-state index is 11.4. The molecule has 1 unspecified atom stereocenters. The Morgan fingerprint density at radius 3 is 2.25 bits per heavy atom. The van der Waals surface area contributed by atoms with Gasteiger partial charge in [-0.3, -0.25) is 4.79 Å². The van der Waals surface area contributed by atoms with Crippen LogP contribution in [0.15, 0.2) is 0 Å². The second-order valence-corrected chi connectivity index (χ2v) is 5.53. The average Bonchev–Trinajstić information content (AvgIpc) is 2.36. The van der Waals surface area contributed by atoms with E-state index < -0.39 is 7.12 Å². The highest BCUT2D eigenvalue weighted by molar-refractivity contribution is 6.47. The van der Waals surface area contributed by atoms with Crippen LogP contribution in [0.25, 0.3) is 0 Å². The molecular weight excluding hydrogens is 207 g/mol. The lowest BCUT2D eigenvalue weighted by molar-refractivity contribution is -0.126. The van der Waals surface area contributed by atoms with Crippen LogP contribution in [-0.4, -0.2) is 36.7 Å². The molecule has 0 radical (unpaired) electrons. The van der Waals surface area contributed by atoms with Gasteiger partial charge in [0.05, 0.1) is 23.8 Å². The molecule has 0 amide bonds. The van der Waals surface area contributed by atoms with Crippen molar-refractivity contribution in [1.82, 2.24) is 0 Å². The predicted octanol–water partition coefficient (Wildman–Crippen LogP) is 1.37. The van der Waals surface area contributed by atoms with Crippen LogP contribution in [0.4, 0.5) is 0 Å². The third kappa shape index (κ3) is 2.04.